The molecule has 6 rings (SSSR count). The van der Waals surface area contributed by atoms with Crippen LogP contribution in [0.4, 0.5) is 0 Å². The van der Waals surface area contributed by atoms with Gasteiger partial charge >= 0.3 is 0 Å². The highest BCUT2D eigenvalue weighted by Crippen LogP contribution is 2.65. The number of carbonyl (C=O) groups is 3. The predicted octanol–water partition coefficient (Wildman–Crippen LogP) is 2.69. The van der Waals surface area contributed by atoms with Gasteiger partial charge < -0.3 is 0 Å². The molecule has 3 amide bonds. The van der Waals surface area contributed by atoms with E-state index in [0.717, 1.165) is 11.4 Å². The Morgan fingerprint density at radius 1 is 1.04 bits per heavy atom. The van der Waals surface area contributed by atoms with Gasteiger partial charge in [0.1, 0.15) is 0 Å². The van der Waals surface area contributed by atoms with Crippen LogP contribution in [0, 0.1) is 35.5 Å². The molecule has 0 radical (unpaired) electrons. The monoisotopic (exact) mass is 376 g/mol. The molecular formula is C18H14Cl2N2O3. The lowest BCUT2D eigenvalue weighted by Gasteiger charge is -2.37. The molecule has 2 saturated carbocycles. The van der Waals surface area contributed by atoms with Crippen LogP contribution in [0.5, 0.6) is 0 Å². The molecule has 1 aromatic carbocycles. The molecule has 5 nitrogen and oxygen atoms in total. The second kappa shape index (κ2) is 5.08. The molecule has 1 N–H and O–H groups in total. The van der Waals surface area contributed by atoms with Crippen molar-refractivity contribution in [3.8, 4) is 0 Å². The number of halogens is 2. The fourth-order valence-corrected chi connectivity index (χ4v) is 5.40. The summed E-state index contributed by atoms with van der Waals surface area (Å²) in [7, 11) is 0. The van der Waals surface area contributed by atoms with Crippen molar-refractivity contribution in [1.82, 2.24) is 10.4 Å². The van der Waals surface area contributed by atoms with E-state index in [9.17, 15) is 14.4 Å². The summed E-state index contributed by atoms with van der Waals surface area (Å²) in [6.45, 7) is 0. The molecule has 1 aromatic rings. The Kier molecular flexibility index (Phi) is 3.13. The molecule has 0 spiro atoms. The second-order valence-electron chi connectivity index (χ2n) is 7.23. The molecule has 7 heteroatoms. The summed E-state index contributed by atoms with van der Waals surface area (Å²) in [6, 6.07) is 4.45. The maximum Gasteiger partial charge on any atom is 0.271 e. The highest BCUT2D eigenvalue weighted by atomic mass is 35.5. The van der Waals surface area contributed by atoms with Crippen molar-refractivity contribution >= 4 is 40.9 Å². The van der Waals surface area contributed by atoms with Crippen molar-refractivity contribution < 1.29 is 14.4 Å². The first-order valence-electron chi connectivity index (χ1n) is 8.29. The Morgan fingerprint density at radius 3 is 2.20 bits per heavy atom. The zero-order valence-corrected chi connectivity index (χ0v) is 14.5. The number of hydrogen-bond acceptors (Lipinski definition) is 3. The standard InChI is InChI=1S/C18H14Cl2N2O3/c19-7-1-2-10(13(20)5-7)16(23)21-22-17(24)14-8-3-4-9(12-6-11(8)12)15(14)18(22)25/h1-5,8-9,11-12,14-15H,6H2,(H,21,23)/t8-,9-,11-,12-,14+,15+/m0/s1. The molecule has 5 aliphatic rings. The normalized spacial score (nSPS) is 37.1. The number of rotatable bonds is 2. The molecule has 3 fully saturated rings. The van der Waals surface area contributed by atoms with Crippen molar-refractivity contribution in [2.75, 3.05) is 0 Å². The number of amides is 3. The average Bonchev–Trinajstić information content (AvgIpc) is 3.36. The zero-order chi connectivity index (χ0) is 17.5. The highest BCUT2D eigenvalue weighted by molar-refractivity contribution is 6.36. The molecule has 0 aromatic heterocycles. The summed E-state index contributed by atoms with van der Waals surface area (Å²) in [5, 5.41) is 1.48. The first-order valence-corrected chi connectivity index (χ1v) is 9.05. The van der Waals surface area contributed by atoms with Crippen molar-refractivity contribution in [2.24, 2.45) is 35.5 Å². The summed E-state index contributed by atoms with van der Waals surface area (Å²) in [5.74, 6) is -0.595. The van der Waals surface area contributed by atoms with Crippen LogP contribution in [0.25, 0.3) is 0 Å². The van der Waals surface area contributed by atoms with Crippen molar-refractivity contribution in [1.29, 1.82) is 0 Å². The van der Waals surface area contributed by atoms with Gasteiger partial charge in [-0.05, 0) is 48.3 Å². The first-order chi connectivity index (χ1) is 12.0. The highest BCUT2D eigenvalue weighted by Gasteiger charge is 2.67. The van der Waals surface area contributed by atoms with E-state index in [2.05, 4.69) is 17.6 Å². The second-order valence-corrected chi connectivity index (χ2v) is 8.08. The molecule has 2 bridgehead atoms. The molecule has 1 aliphatic heterocycles. The fraction of sp³-hybridized carbons (Fsp3) is 0.389. The van der Waals surface area contributed by atoms with Gasteiger partial charge in [0.25, 0.3) is 17.7 Å². The number of allylic oxidation sites excluding steroid dienone is 2. The van der Waals surface area contributed by atoms with Crippen LogP contribution in [0.15, 0.2) is 30.4 Å². The van der Waals surface area contributed by atoms with E-state index in [1.807, 2.05) is 0 Å². The summed E-state index contributed by atoms with van der Waals surface area (Å²) in [5.41, 5.74) is 2.62. The van der Waals surface area contributed by atoms with Crippen molar-refractivity contribution in [3.05, 3.63) is 46.0 Å². The van der Waals surface area contributed by atoms with Crippen LogP contribution in [0.2, 0.25) is 10.0 Å². The minimum atomic E-state index is -0.590. The summed E-state index contributed by atoms with van der Waals surface area (Å²) >= 11 is 11.9. The van der Waals surface area contributed by atoms with E-state index in [1.165, 1.54) is 18.2 Å². The van der Waals surface area contributed by atoms with E-state index < -0.39 is 5.91 Å². The van der Waals surface area contributed by atoms with Gasteiger partial charge in [0.15, 0.2) is 0 Å². The van der Waals surface area contributed by atoms with Crippen LogP contribution in [0.3, 0.4) is 0 Å². The largest absolute Gasteiger partial charge is 0.272 e. The van der Waals surface area contributed by atoms with E-state index in [-0.39, 0.29) is 46.1 Å². The summed E-state index contributed by atoms with van der Waals surface area (Å²) in [6.07, 6.45) is 5.28. The van der Waals surface area contributed by atoms with E-state index in [4.69, 9.17) is 23.2 Å². The fourth-order valence-electron chi connectivity index (χ4n) is 4.90. The third-order valence-corrected chi connectivity index (χ3v) is 6.60. The molecule has 6 atom stereocenters. The molecule has 128 valence electrons. The van der Waals surface area contributed by atoms with Crippen LogP contribution in [-0.2, 0) is 9.59 Å². The van der Waals surface area contributed by atoms with Gasteiger partial charge in [-0.3, -0.25) is 19.8 Å². The number of benzene rings is 1. The van der Waals surface area contributed by atoms with Crippen LogP contribution in [0.1, 0.15) is 16.8 Å². The number of nitrogens with one attached hydrogen (secondary N) is 1. The number of imide groups is 1. The van der Waals surface area contributed by atoms with Gasteiger partial charge in [-0.1, -0.05) is 35.4 Å². The quantitative estimate of drug-likeness (QED) is 0.637. The van der Waals surface area contributed by atoms with Gasteiger partial charge in [0.05, 0.1) is 22.4 Å². The SMILES string of the molecule is O=C(NN1C(=O)[C@@H]2[C@H]3C=C[C@@H]([C@@H]4C[C@@H]34)[C@H]2C1=O)c1ccc(Cl)cc1Cl. The van der Waals surface area contributed by atoms with Gasteiger partial charge in [-0.15, -0.1) is 0 Å². The topological polar surface area (TPSA) is 66.5 Å². The maximum atomic E-state index is 12.8. The Labute approximate surface area is 153 Å². The van der Waals surface area contributed by atoms with Crippen molar-refractivity contribution in [3.63, 3.8) is 0 Å². The van der Waals surface area contributed by atoms with E-state index >= 15 is 0 Å². The molecule has 1 heterocycles. The Hall–Kier alpha value is -1.85. The lowest BCUT2D eigenvalue weighted by atomic mass is 9.63. The number of nitrogens with zero attached hydrogens (tertiary/aromatic N) is 1. The summed E-state index contributed by atoms with van der Waals surface area (Å²) in [4.78, 5) is 38.1. The Balaban J connectivity index is 1.42. The van der Waals surface area contributed by atoms with Crippen LogP contribution < -0.4 is 5.43 Å². The molecule has 25 heavy (non-hydrogen) atoms. The van der Waals surface area contributed by atoms with Gasteiger partial charge in [-0.25, -0.2) is 0 Å². The lowest BCUT2D eigenvalue weighted by Crippen LogP contribution is -2.47. The molecular weight excluding hydrogens is 363 g/mol. The average molecular weight is 377 g/mol. The first kappa shape index (κ1) is 15.4. The third kappa shape index (κ3) is 2.06. The zero-order valence-electron chi connectivity index (χ0n) is 13.0. The van der Waals surface area contributed by atoms with Gasteiger partial charge in [0.2, 0.25) is 0 Å². The summed E-state index contributed by atoms with van der Waals surface area (Å²) < 4.78 is 0. The Bertz CT molecular complexity index is 832. The Morgan fingerprint density at radius 2 is 1.64 bits per heavy atom. The third-order valence-electron chi connectivity index (χ3n) is 6.05. The minimum absolute atomic E-state index is 0.123. The van der Waals surface area contributed by atoms with Crippen LogP contribution >= 0.6 is 23.2 Å². The molecule has 1 saturated heterocycles. The number of hydrazine groups is 1. The minimum Gasteiger partial charge on any atom is -0.272 e. The lowest BCUT2D eigenvalue weighted by molar-refractivity contribution is -0.143. The van der Waals surface area contributed by atoms with Crippen molar-refractivity contribution in [2.45, 2.75) is 6.42 Å². The van der Waals surface area contributed by atoms with Gasteiger partial charge in [0, 0.05) is 5.02 Å². The predicted molar refractivity (Wildman–Crippen MR) is 90.5 cm³/mol. The van der Waals surface area contributed by atoms with Crippen LogP contribution in [-0.4, -0.2) is 22.7 Å². The van der Waals surface area contributed by atoms with Gasteiger partial charge in [-0.2, -0.15) is 5.01 Å². The molecule has 4 aliphatic carbocycles. The number of hydrogen-bond donors (Lipinski definition) is 1. The number of carbonyl (C=O) groups excluding carboxylic acids is 3. The smallest absolute Gasteiger partial charge is 0.271 e. The maximum absolute atomic E-state index is 12.8. The van der Waals surface area contributed by atoms with E-state index in [0.29, 0.717) is 16.9 Å². The molecule has 0 unspecified atom stereocenters. The van der Waals surface area contributed by atoms with E-state index in [1.54, 1.807) is 0 Å².